The van der Waals surface area contributed by atoms with Gasteiger partial charge in [-0.25, -0.2) is 9.37 Å². The van der Waals surface area contributed by atoms with Gasteiger partial charge in [0, 0.05) is 24.4 Å². The van der Waals surface area contributed by atoms with Crippen molar-refractivity contribution >= 4 is 42.1 Å². The Balaban J connectivity index is 0.00000144. The van der Waals surface area contributed by atoms with Gasteiger partial charge in [0.05, 0.1) is 5.01 Å². The van der Waals surface area contributed by atoms with Crippen molar-refractivity contribution in [2.24, 2.45) is 0 Å². The van der Waals surface area contributed by atoms with Crippen LogP contribution >= 0.6 is 36.2 Å². The number of amides is 1. The van der Waals surface area contributed by atoms with Crippen molar-refractivity contribution in [3.05, 3.63) is 51.7 Å². The molecular formula is C16H20Cl2FN3OS. The van der Waals surface area contributed by atoms with Crippen LogP contribution in [0.25, 0.3) is 0 Å². The molecule has 1 aliphatic heterocycles. The second kappa shape index (κ2) is 9.93. The first-order valence-corrected chi connectivity index (χ1v) is 8.29. The number of halogens is 3. The highest BCUT2D eigenvalue weighted by molar-refractivity contribution is 7.09. The molecule has 8 heteroatoms. The lowest BCUT2D eigenvalue weighted by Crippen LogP contribution is -2.37. The van der Waals surface area contributed by atoms with Crippen molar-refractivity contribution in [3.8, 4) is 0 Å². The van der Waals surface area contributed by atoms with Crippen molar-refractivity contribution in [1.29, 1.82) is 0 Å². The molecule has 1 unspecified atom stereocenters. The monoisotopic (exact) mass is 391 g/mol. The number of thiazole rings is 1. The minimum Gasteiger partial charge on any atom is -0.349 e. The first kappa shape index (κ1) is 20.8. The second-order valence-corrected chi connectivity index (χ2v) is 6.38. The molecule has 1 aromatic heterocycles. The molecule has 0 radical (unpaired) electrons. The molecule has 1 atom stereocenters. The molecule has 3 rings (SSSR count). The molecule has 1 amide bonds. The van der Waals surface area contributed by atoms with E-state index in [4.69, 9.17) is 0 Å². The van der Waals surface area contributed by atoms with Crippen molar-refractivity contribution in [2.45, 2.75) is 25.3 Å². The maximum Gasteiger partial charge on any atom is 0.270 e. The van der Waals surface area contributed by atoms with Gasteiger partial charge in [-0.3, -0.25) is 4.79 Å². The molecule has 24 heavy (non-hydrogen) atoms. The van der Waals surface area contributed by atoms with Crippen molar-refractivity contribution in [1.82, 2.24) is 15.6 Å². The summed E-state index contributed by atoms with van der Waals surface area (Å²) in [5.74, 6) is -0.376. The molecule has 1 aromatic carbocycles. The third-order valence-electron chi connectivity index (χ3n) is 3.72. The van der Waals surface area contributed by atoms with E-state index in [1.165, 1.54) is 29.9 Å². The maximum absolute atomic E-state index is 12.9. The zero-order chi connectivity index (χ0) is 15.4. The minimum absolute atomic E-state index is 0. The van der Waals surface area contributed by atoms with Crippen LogP contribution in [0.1, 0.15) is 33.9 Å². The molecular weight excluding hydrogens is 372 g/mol. The Hall–Kier alpha value is -1.21. The summed E-state index contributed by atoms with van der Waals surface area (Å²) in [5.41, 5.74) is 1.44. The van der Waals surface area contributed by atoms with E-state index in [0.29, 0.717) is 24.7 Å². The zero-order valence-corrected chi connectivity index (χ0v) is 15.4. The number of nitrogens with one attached hydrogen (secondary N) is 2. The van der Waals surface area contributed by atoms with Crippen molar-refractivity contribution in [2.75, 3.05) is 13.1 Å². The summed E-state index contributed by atoms with van der Waals surface area (Å²) >= 11 is 1.45. The first-order valence-electron chi connectivity index (χ1n) is 7.41. The minimum atomic E-state index is -0.247. The summed E-state index contributed by atoms with van der Waals surface area (Å²) in [5, 5.41) is 8.89. The summed E-state index contributed by atoms with van der Waals surface area (Å²) in [6, 6.07) is 6.72. The topological polar surface area (TPSA) is 54.0 Å². The molecule has 2 heterocycles. The SMILES string of the molecule is Cl.Cl.O=C(NCC1CCCN1)c1csc(Cc2ccc(F)cc2)n1. The number of benzene rings is 1. The smallest absolute Gasteiger partial charge is 0.270 e. The van der Waals surface area contributed by atoms with Crippen LogP contribution in [0.15, 0.2) is 29.6 Å². The fourth-order valence-corrected chi connectivity index (χ4v) is 3.32. The van der Waals surface area contributed by atoms with Crippen LogP contribution in [0.4, 0.5) is 4.39 Å². The summed E-state index contributed by atoms with van der Waals surface area (Å²) in [6.07, 6.45) is 2.88. The Bertz CT molecular complexity index is 645. The number of rotatable bonds is 5. The van der Waals surface area contributed by atoms with Crippen LogP contribution < -0.4 is 10.6 Å². The number of hydrogen-bond acceptors (Lipinski definition) is 4. The predicted molar refractivity (Wildman–Crippen MR) is 99.2 cm³/mol. The number of aromatic nitrogens is 1. The average Bonchev–Trinajstić information content (AvgIpc) is 3.19. The fraction of sp³-hybridized carbons (Fsp3) is 0.375. The van der Waals surface area contributed by atoms with E-state index in [9.17, 15) is 9.18 Å². The van der Waals surface area contributed by atoms with Gasteiger partial charge in [-0.15, -0.1) is 36.2 Å². The zero-order valence-electron chi connectivity index (χ0n) is 13.0. The lowest BCUT2D eigenvalue weighted by atomic mass is 10.1. The van der Waals surface area contributed by atoms with Crippen LogP contribution in [0.5, 0.6) is 0 Å². The normalized spacial score (nSPS) is 16.1. The Labute approximate surface area is 157 Å². The number of carbonyl (C=O) groups excluding carboxylic acids is 1. The predicted octanol–water partition coefficient (Wildman–Crippen LogP) is 3.20. The van der Waals surface area contributed by atoms with Gasteiger partial charge in [0.2, 0.25) is 0 Å². The second-order valence-electron chi connectivity index (χ2n) is 5.43. The summed E-state index contributed by atoms with van der Waals surface area (Å²) in [7, 11) is 0. The van der Waals surface area contributed by atoms with Crippen molar-refractivity contribution < 1.29 is 9.18 Å². The van der Waals surface area contributed by atoms with Gasteiger partial charge < -0.3 is 10.6 Å². The Morgan fingerprint density at radius 3 is 2.75 bits per heavy atom. The van der Waals surface area contributed by atoms with Gasteiger partial charge >= 0.3 is 0 Å². The third-order valence-corrected chi connectivity index (χ3v) is 4.57. The first-order chi connectivity index (χ1) is 10.7. The lowest BCUT2D eigenvalue weighted by Gasteiger charge is -2.10. The molecule has 1 saturated heterocycles. The highest BCUT2D eigenvalue weighted by Gasteiger charge is 2.16. The molecule has 0 aliphatic carbocycles. The molecule has 132 valence electrons. The molecule has 2 N–H and O–H groups in total. The molecule has 4 nitrogen and oxygen atoms in total. The Morgan fingerprint density at radius 2 is 2.08 bits per heavy atom. The summed E-state index contributed by atoms with van der Waals surface area (Å²) < 4.78 is 12.9. The van der Waals surface area contributed by atoms with E-state index in [1.807, 2.05) is 0 Å². The molecule has 1 fully saturated rings. The van der Waals surface area contributed by atoms with Crippen LogP contribution in [0.2, 0.25) is 0 Å². The Kier molecular flexibility index (Phi) is 8.62. The number of carbonyl (C=O) groups is 1. The number of nitrogens with zero attached hydrogens (tertiary/aromatic N) is 1. The van der Waals surface area contributed by atoms with E-state index >= 15 is 0 Å². The van der Waals surface area contributed by atoms with Crippen LogP contribution in [0.3, 0.4) is 0 Å². The third kappa shape index (κ3) is 5.70. The largest absolute Gasteiger partial charge is 0.349 e. The highest BCUT2D eigenvalue weighted by atomic mass is 35.5. The van der Waals surface area contributed by atoms with Gasteiger partial charge in [-0.1, -0.05) is 12.1 Å². The van der Waals surface area contributed by atoms with Crippen LogP contribution in [-0.4, -0.2) is 30.0 Å². The standard InChI is InChI=1S/C16H18FN3OS.2ClH/c17-12-5-3-11(4-6-12)8-15-20-14(10-22-15)16(21)19-9-13-2-1-7-18-13;;/h3-6,10,13,18H,1-2,7-9H2,(H,19,21);2*1H. The van der Waals surface area contributed by atoms with Gasteiger partial charge in [0.25, 0.3) is 5.91 Å². The average molecular weight is 392 g/mol. The van der Waals surface area contributed by atoms with E-state index < -0.39 is 0 Å². The lowest BCUT2D eigenvalue weighted by molar-refractivity contribution is 0.0946. The van der Waals surface area contributed by atoms with Crippen LogP contribution in [0, 0.1) is 5.82 Å². The molecule has 1 aliphatic rings. The quantitative estimate of drug-likeness (QED) is 0.822. The molecule has 2 aromatic rings. The van der Waals surface area contributed by atoms with Crippen LogP contribution in [-0.2, 0) is 6.42 Å². The van der Waals surface area contributed by atoms with Gasteiger partial charge in [0.1, 0.15) is 11.5 Å². The van der Waals surface area contributed by atoms with E-state index in [1.54, 1.807) is 17.5 Å². The molecule has 0 saturated carbocycles. The van der Waals surface area contributed by atoms with Gasteiger partial charge in [-0.2, -0.15) is 0 Å². The molecule has 0 bridgehead atoms. The van der Waals surface area contributed by atoms with E-state index in [2.05, 4.69) is 15.6 Å². The Morgan fingerprint density at radius 1 is 1.33 bits per heavy atom. The molecule has 0 spiro atoms. The summed E-state index contributed by atoms with van der Waals surface area (Å²) in [6.45, 7) is 1.67. The fourth-order valence-electron chi connectivity index (χ4n) is 2.51. The van der Waals surface area contributed by atoms with Gasteiger partial charge in [-0.05, 0) is 37.1 Å². The number of hydrogen-bond donors (Lipinski definition) is 2. The summed E-state index contributed by atoms with van der Waals surface area (Å²) in [4.78, 5) is 16.4. The van der Waals surface area contributed by atoms with Crippen molar-refractivity contribution in [3.63, 3.8) is 0 Å². The maximum atomic E-state index is 12.9. The highest BCUT2D eigenvalue weighted by Crippen LogP contribution is 2.15. The van der Waals surface area contributed by atoms with Gasteiger partial charge in [0.15, 0.2) is 0 Å². The van der Waals surface area contributed by atoms with E-state index in [0.717, 1.165) is 23.5 Å². The van der Waals surface area contributed by atoms with E-state index in [-0.39, 0.29) is 36.5 Å².